The van der Waals surface area contributed by atoms with Crippen LogP contribution in [0.25, 0.3) is 22.3 Å². The quantitative estimate of drug-likeness (QED) is 0.121. The third kappa shape index (κ3) is 6.45. The van der Waals surface area contributed by atoms with Gasteiger partial charge in [0.25, 0.3) is 0 Å². The van der Waals surface area contributed by atoms with Crippen LogP contribution in [0, 0.1) is 0 Å². The molecule has 0 spiro atoms. The number of phenolic OH excluding ortho intramolecular Hbond substituents is 3. The normalized spacial score (nSPS) is 31.5. The molecule has 2 aliphatic heterocycles. The van der Waals surface area contributed by atoms with Crippen molar-refractivity contribution in [2.75, 3.05) is 13.2 Å². The summed E-state index contributed by atoms with van der Waals surface area (Å²) in [6.45, 7) is -0.328. The summed E-state index contributed by atoms with van der Waals surface area (Å²) in [5.74, 6) is -2.99. The lowest BCUT2D eigenvalue weighted by atomic mass is 9.97. The maximum Gasteiger partial charge on any atom is 0.302 e. The third-order valence-corrected chi connectivity index (χ3v) is 7.52. The van der Waals surface area contributed by atoms with Crippen molar-refractivity contribution in [1.29, 1.82) is 0 Å². The molecule has 2 fully saturated rings. The number of hydrogen-bond acceptors (Lipinski definition) is 17. The minimum atomic E-state index is -1.97. The summed E-state index contributed by atoms with van der Waals surface area (Å²) in [7, 11) is 0. The van der Waals surface area contributed by atoms with Gasteiger partial charge in [-0.25, -0.2) is 0 Å². The second-order valence-electron chi connectivity index (χ2n) is 10.7. The van der Waals surface area contributed by atoms with Crippen molar-refractivity contribution in [2.45, 2.75) is 68.3 Å². The van der Waals surface area contributed by atoms with Crippen molar-refractivity contribution in [3.63, 3.8) is 0 Å². The van der Waals surface area contributed by atoms with Crippen LogP contribution in [-0.4, -0.2) is 127 Å². The number of fused-ring (bicyclic) bond motifs is 1. The third-order valence-electron chi connectivity index (χ3n) is 7.52. The zero-order valence-corrected chi connectivity index (χ0v) is 23.9. The van der Waals surface area contributed by atoms with Crippen LogP contribution in [-0.2, 0) is 23.7 Å². The topological polar surface area (TPSA) is 275 Å². The van der Waals surface area contributed by atoms with Crippen LogP contribution >= 0.6 is 0 Å². The van der Waals surface area contributed by atoms with Crippen LogP contribution in [0.15, 0.2) is 45.6 Å². The molecule has 2 aliphatic rings. The highest BCUT2D eigenvalue weighted by molar-refractivity contribution is 5.88. The fraction of sp³-hybridized carbons (Fsp3) is 0.448. The predicted octanol–water partition coefficient (Wildman–Crippen LogP) is -1.85. The van der Waals surface area contributed by atoms with E-state index in [4.69, 9.17) is 28.1 Å². The molecular weight excluding hydrogens is 620 g/mol. The van der Waals surface area contributed by atoms with E-state index in [0.717, 1.165) is 19.1 Å². The molecule has 5 rings (SSSR count). The number of aliphatic hydroxyl groups excluding tert-OH is 6. The Morgan fingerprint density at radius 2 is 1.48 bits per heavy atom. The minimum absolute atomic E-state index is 0.140. The number of carbonyl (C=O) groups excluding carboxylic acids is 1. The Hall–Kier alpha value is -4.04. The first-order chi connectivity index (χ1) is 21.8. The molecule has 3 heterocycles. The van der Waals surface area contributed by atoms with E-state index in [2.05, 4.69) is 0 Å². The second-order valence-corrected chi connectivity index (χ2v) is 10.7. The van der Waals surface area contributed by atoms with Gasteiger partial charge in [0.1, 0.15) is 77.6 Å². The Bertz CT molecular complexity index is 1600. The van der Waals surface area contributed by atoms with E-state index in [0.29, 0.717) is 0 Å². The average molecular weight is 653 g/mol. The summed E-state index contributed by atoms with van der Waals surface area (Å²) >= 11 is 0. The molecule has 17 heteroatoms. The molecule has 0 bridgehead atoms. The molecule has 0 radical (unpaired) electrons. The maximum absolute atomic E-state index is 13.8. The van der Waals surface area contributed by atoms with Gasteiger partial charge in [-0.3, -0.25) is 9.59 Å². The van der Waals surface area contributed by atoms with Crippen molar-refractivity contribution in [1.82, 2.24) is 0 Å². The number of hydrogen-bond donors (Lipinski definition) is 9. The first kappa shape index (κ1) is 33.3. The lowest BCUT2D eigenvalue weighted by Gasteiger charge is -2.45. The van der Waals surface area contributed by atoms with Gasteiger partial charge in [0.2, 0.25) is 17.5 Å². The Kier molecular flexibility index (Phi) is 9.68. The molecule has 10 unspecified atom stereocenters. The summed E-state index contributed by atoms with van der Waals surface area (Å²) < 4.78 is 33.6. The molecule has 0 saturated carbocycles. The van der Waals surface area contributed by atoms with Gasteiger partial charge in [0.05, 0.1) is 6.61 Å². The molecule has 2 saturated heterocycles. The first-order valence-corrected chi connectivity index (χ1v) is 13.9. The van der Waals surface area contributed by atoms with Crippen LogP contribution in [0.4, 0.5) is 0 Å². The highest BCUT2D eigenvalue weighted by atomic mass is 16.8. The number of benzene rings is 2. The SMILES string of the molecule is CC(=O)OCC1OC(Oc2c(-c3ccc(O)cc3)oc3cc(O)cc(O)c3c2=O)C(OC2OC(CO)C(O)C(O)C2O)C(O)C1O. The van der Waals surface area contributed by atoms with Crippen molar-refractivity contribution in [2.24, 2.45) is 0 Å². The van der Waals surface area contributed by atoms with E-state index < -0.39 is 109 Å². The largest absolute Gasteiger partial charge is 0.508 e. The Labute approximate surface area is 258 Å². The molecule has 250 valence electrons. The molecule has 17 nitrogen and oxygen atoms in total. The van der Waals surface area contributed by atoms with Crippen molar-refractivity contribution >= 4 is 16.9 Å². The zero-order chi connectivity index (χ0) is 33.4. The number of carbonyl (C=O) groups is 1. The van der Waals surface area contributed by atoms with E-state index in [9.17, 15) is 55.5 Å². The van der Waals surface area contributed by atoms with Crippen LogP contribution in [0.5, 0.6) is 23.0 Å². The van der Waals surface area contributed by atoms with Crippen molar-refractivity contribution in [3.8, 4) is 34.3 Å². The summed E-state index contributed by atoms with van der Waals surface area (Å²) in [5.41, 5.74) is -1.12. The summed E-state index contributed by atoms with van der Waals surface area (Å²) in [4.78, 5) is 25.3. The van der Waals surface area contributed by atoms with E-state index in [1.807, 2.05) is 0 Å². The van der Waals surface area contributed by atoms with Gasteiger partial charge >= 0.3 is 5.97 Å². The lowest BCUT2D eigenvalue weighted by molar-refractivity contribution is -0.358. The monoisotopic (exact) mass is 652 g/mol. The molecule has 0 aliphatic carbocycles. The standard InChI is InChI=1S/C29H32O17/c1-10(31)41-9-17-20(36)23(39)27(46-28-24(40)22(38)19(35)16(8-30)43-28)29(44-17)45-26-21(37)18-14(34)6-13(33)7-15(18)42-25(26)11-2-4-12(32)5-3-11/h2-7,16-17,19-20,22-24,27-30,32-36,38-40H,8-9H2,1H3. The Morgan fingerprint density at radius 3 is 2.13 bits per heavy atom. The van der Waals surface area contributed by atoms with Gasteiger partial charge in [0, 0.05) is 24.6 Å². The molecule has 10 atom stereocenters. The summed E-state index contributed by atoms with van der Waals surface area (Å²) in [5, 5.41) is 92.3. The second kappa shape index (κ2) is 13.4. The van der Waals surface area contributed by atoms with E-state index >= 15 is 0 Å². The molecule has 2 aromatic carbocycles. The highest BCUT2D eigenvalue weighted by Crippen LogP contribution is 2.38. The number of phenols is 3. The zero-order valence-electron chi connectivity index (χ0n) is 23.9. The van der Waals surface area contributed by atoms with Gasteiger partial charge in [-0.15, -0.1) is 0 Å². The number of esters is 1. The minimum Gasteiger partial charge on any atom is -0.508 e. The van der Waals surface area contributed by atoms with Gasteiger partial charge < -0.3 is 74.1 Å². The van der Waals surface area contributed by atoms with E-state index in [-0.39, 0.29) is 22.7 Å². The Balaban J connectivity index is 1.60. The van der Waals surface area contributed by atoms with Crippen LogP contribution in [0.3, 0.4) is 0 Å². The first-order valence-electron chi connectivity index (χ1n) is 13.9. The van der Waals surface area contributed by atoms with Crippen molar-refractivity contribution < 1.29 is 78.9 Å². The molecule has 0 amide bonds. The van der Waals surface area contributed by atoms with Gasteiger partial charge in [-0.2, -0.15) is 0 Å². The summed E-state index contributed by atoms with van der Waals surface area (Å²) in [6.07, 6.45) is -17.9. The molecule has 1 aromatic heterocycles. The number of aliphatic hydroxyl groups is 6. The number of aromatic hydroxyl groups is 3. The molecule has 46 heavy (non-hydrogen) atoms. The lowest BCUT2D eigenvalue weighted by Crippen LogP contribution is -2.65. The molecular formula is C29H32O17. The van der Waals surface area contributed by atoms with Crippen LogP contribution in [0.2, 0.25) is 0 Å². The van der Waals surface area contributed by atoms with Gasteiger partial charge in [-0.05, 0) is 24.3 Å². The predicted molar refractivity (Wildman–Crippen MR) is 149 cm³/mol. The highest BCUT2D eigenvalue weighted by Gasteiger charge is 2.52. The number of rotatable bonds is 8. The maximum atomic E-state index is 13.8. The number of ether oxygens (including phenoxy) is 5. The average Bonchev–Trinajstić information content (AvgIpc) is 3.01. The smallest absolute Gasteiger partial charge is 0.302 e. The molecule has 9 N–H and O–H groups in total. The fourth-order valence-corrected chi connectivity index (χ4v) is 5.11. The summed E-state index contributed by atoms with van der Waals surface area (Å²) in [6, 6.07) is 7.16. The van der Waals surface area contributed by atoms with Gasteiger partial charge in [-0.1, -0.05) is 0 Å². The van der Waals surface area contributed by atoms with E-state index in [1.54, 1.807) is 0 Å². The van der Waals surface area contributed by atoms with E-state index in [1.165, 1.54) is 24.3 Å². The molecule has 3 aromatic rings. The van der Waals surface area contributed by atoms with Crippen LogP contribution in [0.1, 0.15) is 6.92 Å². The van der Waals surface area contributed by atoms with Crippen LogP contribution < -0.4 is 10.2 Å². The Morgan fingerprint density at radius 1 is 0.826 bits per heavy atom. The van der Waals surface area contributed by atoms with Crippen molar-refractivity contribution in [3.05, 3.63) is 46.6 Å². The fourth-order valence-electron chi connectivity index (χ4n) is 5.11. The van der Waals surface area contributed by atoms with Gasteiger partial charge in [0.15, 0.2) is 18.2 Å².